The highest BCUT2D eigenvalue weighted by Gasteiger charge is 2.06. The van der Waals surface area contributed by atoms with Crippen molar-refractivity contribution < 1.29 is 4.52 Å². The summed E-state index contributed by atoms with van der Waals surface area (Å²) in [6.07, 6.45) is 3.54. The number of H-pyrrole nitrogens is 1. The molecule has 0 spiro atoms. The number of aromatic nitrogens is 5. The number of aromatic amines is 1. The zero-order chi connectivity index (χ0) is 19.2. The van der Waals surface area contributed by atoms with Gasteiger partial charge in [0.25, 0.3) is 0 Å². The summed E-state index contributed by atoms with van der Waals surface area (Å²) in [4.78, 5) is 8.66. The van der Waals surface area contributed by atoms with E-state index in [0.29, 0.717) is 18.3 Å². The van der Waals surface area contributed by atoms with Gasteiger partial charge in [0.05, 0.1) is 12.2 Å². The summed E-state index contributed by atoms with van der Waals surface area (Å²) in [6, 6.07) is 16.1. The van der Waals surface area contributed by atoms with Crippen LogP contribution in [0.25, 0.3) is 0 Å². The summed E-state index contributed by atoms with van der Waals surface area (Å²) >= 11 is 0. The van der Waals surface area contributed by atoms with Gasteiger partial charge in [-0.1, -0.05) is 35.5 Å². The lowest BCUT2D eigenvalue weighted by atomic mass is 10.1. The van der Waals surface area contributed by atoms with Gasteiger partial charge in [-0.15, -0.1) is 0 Å². The third-order valence-corrected chi connectivity index (χ3v) is 4.17. The Morgan fingerprint density at radius 2 is 1.93 bits per heavy atom. The minimum absolute atomic E-state index is 0.469. The Morgan fingerprint density at radius 3 is 2.75 bits per heavy atom. The van der Waals surface area contributed by atoms with Gasteiger partial charge in [0.1, 0.15) is 5.82 Å². The maximum atomic E-state index is 5.17. The maximum absolute atomic E-state index is 5.17. The summed E-state index contributed by atoms with van der Waals surface area (Å²) in [7, 11) is 0. The van der Waals surface area contributed by atoms with Gasteiger partial charge in [-0.3, -0.25) is 5.10 Å². The Balaban J connectivity index is 1.33. The van der Waals surface area contributed by atoms with Gasteiger partial charge in [-0.25, -0.2) is 4.98 Å². The first kappa shape index (κ1) is 17.7. The first-order valence-corrected chi connectivity index (χ1v) is 9.09. The van der Waals surface area contributed by atoms with E-state index in [1.807, 2.05) is 25.1 Å². The van der Waals surface area contributed by atoms with Gasteiger partial charge in [0.2, 0.25) is 5.95 Å². The van der Waals surface area contributed by atoms with E-state index in [0.717, 1.165) is 35.8 Å². The molecule has 0 saturated heterocycles. The summed E-state index contributed by atoms with van der Waals surface area (Å²) < 4.78 is 5.17. The highest BCUT2D eigenvalue weighted by molar-refractivity contribution is 5.53. The molecule has 0 fully saturated rings. The van der Waals surface area contributed by atoms with Crippen LogP contribution >= 0.6 is 0 Å². The molecular formula is C20H21N7O. The van der Waals surface area contributed by atoms with Crippen LogP contribution in [0.3, 0.4) is 0 Å². The summed E-state index contributed by atoms with van der Waals surface area (Å²) in [6.45, 7) is 2.35. The quantitative estimate of drug-likeness (QED) is 0.432. The van der Waals surface area contributed by atoms with Crippen LogP contribution in [0, 0.1) is 6.92 Å². The third-order valence-electron chi connectivity index (χ3n) is 4.17. The Labute approximate surface area is 162 Å². The molecule has 0 saturated carbocycles. The summed E-state index contributed by atoms with van der Waals surface area (Å²) in [5.74, 6) is 2.61. The van der Waals surface area contributed by atoms with Crippen LogP contribution in [0.2, 0.25) is 0 Å². The monoisotopic (exact) mass is 375 g/mol. The number of anilines is 3. The molecule has 28 heavy (non-hydrogen) atoms. The van der Waals surface area contributed by atoms with Crippen molar-refractivity contribution >= 4 is 17.6 Å². The van der Waals surface area contributed by atoms with E-state index in [1.54, 1.807) is 12.3 Å². The number of hydrogen-bond acceptors (Lipinski definition) is 7. The van der Waals surface area contributed by atoms with E-state index < -0.39 is 0 Å². The number of nitrogens with zero attached hydrogens (tertiary/aromatic N) is 4. The first-order chi connectivity index (χ1) is 13.7. The number of nitrogens with one attached hydrogen (secondary N) is 3. The molecule has 0 atom stereocenters. The lowest BCUT2D eigenvalue weighted by Crippen LogP contribution is -2.04. The van der Waals surface area contributed by atoms with Gasteiger partial charge in [0, 0.05) is 24.0 Å². The largest absolute Gasteiger partial charge is 0.359 e. The molecule has 0 unspecified atom stereocenters. The van der Waals surface area contributed by atoms with Crippen LogP contribution in [-0.2, 0) is 19.4 Å². The van der Waals surface area contributed by atoms with Gasteiger partial charge in [0.15, 0.2) is 11.6 Å². The lowest BCUT2D eigenvalue weighted by Gasteiger charge is -2.05. The van der Waals surface area contributed by atoms with Crippen molar-refractivity contribution in [3.8, 4) is 0 Å². The molecule has 3 heterocycles. The number of aryl methyl sites for hydroxylation is 3. The van der Waals surface area contributed by atoms with E-state index in [4.69, 9.17) is 4.52 Å². The molecule has 4 aromatic rings. The predicted molar refractivity (Wildman–Crippen MR) is 106 cm³/mol. The molecule has 4 rings (SSSR count). The van der Waals surface area contributed by atoms with Crippen LogP contribution in [0.4, 0.5) is 17.6 Å². The highest BCUT2D eigenvalue weighted by atomic mass is 16.5. The topological polar surface area (TPSA) is 105 Å². The van der Waals surface area contributed by atoms with Gasteiger partial charge in [-0.2, -0.15) is 10.1 Å². The molecular weight excluding hydrogens is 354 g/mol. The molecule has 0 amide bonds. The molecule has 0 aliphatic heterocycles. The first-order valence-electron chi connectivity index (χ1n) is 9.09. The summed E-state index contributed by atoms with van der Waals surface area (Å²) in [5.41, 5.74) is 3.22. The van der Waals surface area contributed by atoms with Crippen LogP contribution in [0.1, 0.15) is 22.7 Å². The highest BCUT2D eigenvalue weighted by Crippen LogP contribution is 2.15. The van der Waals surface area contributed by atoms with Crippen molar-refractivity contribution in [2.45, 2.75) is 26.3 Å². The Bertz CT molecular complexity index is 1030. The van der Waals surface area contributed by atoms with Crippen molar-refractivity contribution in [2.24, 2.45) is 0 Å². The molecule has 142 valence electrons. The molecule has 3 N–H and O–H groups in total. The minimum atomic E-state index is 0.469. The molecule has 1 aromatic carbocycles. The molecule has 3 aromatic heterocycles. The van der Waals surface area contributed by atoms with Gasteiger partial charge >= 0.3 is 0 Å². The maximum Gasteiger partial charge on any atom is 0.224 e. The number of hydrogen-bond donors (Lipinski definition) is 3. The fourth-order valence-corrected chi connectivity index (χ4v) is 2.79. The van der Waals surface area contributed by atoms with Gasteiger partial charge in [-0.05, 0) is 31.4 Å². The zero-order valence-corrected chi connectivity index (χ0v) is 15.5. The average molecular weight is 375 g/mol. The Hall–Kier alpha value is -3.68. The van der Waals surface area contributed by atoms with Crippen molar-refractivity contribution in [3.05, 3.63) is 77.4 Å². The third kappa shape index (κ3) is 4.73. The van der Waals surface area contributed by atoms with Crippen molar-refractivity contribution in [1.82, 2.24) is 25.3 Å². The smallest absolute Gasteiger partial charge is 0.224 e. The van der Waals surface area contributed by atoms with Crippen LogP contribution in [-0.4, -0.2) is 25.3 Å². The van der Waals surface area contributed by atoms with Gasteiger partial charge < -0.3 is 15.2 Å². The Morgan fingerprint density at radius 1 is 1.04 bits per heavy atom. The standard InChI is InChI=1S/C20H21N7O/c1-14-11-17(28-27-14)13-22-20-21-10-9-18(24-20)23-19-12-16(25-26-19)8-7-15-5-3-2-4-6-15/h2-6,9-12H,7-8,13H2,1H3,(H3,21,22,23,24,25,26). The SMILES string of the molecule is Cc1cc(CNc2nccc(Nc3cc(CCc4ccccc4)[nH]n3)n2)on1. The predicted octanol–water partition coefficient (Wildman–Crippen LogP) is 3.64. The lowest BCUT2D eigenvalue weighted by molar-refractivity contribution is 0.384. The second-order valence-corrected chi connectivity index (χ2v) is 6.44. The van der Waals surface area contributed by atoms with E-state index in [1.165, 1.54) is 5.56 Å². The minimum Gasteiger partial charge on any atom is -0.359 e. The zero-order valence-electron chi connectivity index (χ0n) is 15.5. The molecule has 8 nitrogen and oxygen atoms in total. The van der Waals surface area contributed by atoms with E-state index in [-0.39, 0.29) is 0 Å². The van der Waals surface area contributed by atoms with Crippen LogP contribution in [0.15, 0.2) is 59.3 Å². The van der Waals surface area contributed by atoms with Crippen molar-refractivity contribution in [1.29, 1.82) is 0 Å². The molecule has 0 radical (unpaired) electrons. The molecule has 0 aliphatic carbocycles. The second-order valence-electron chi connectivity index (χ2n) is 6.44. The van der Waals surface area contributed by atoms with Crippen LogP contribution < -0.4 is 10.6 Å². The Kier molecular flexibility index (Phi) is 5.28. The average Bonchev–Trinajstić information content (AvgIpc) is 3.34. The number of benzene rings is 1. The van der Waals surface area contributed by atoms with Crippen LogP contribution in [0.5, 0.6) is 0 Å². The molecule has 8 heteroatoms. The second kappa shape index (κ2) is 8.34. The van der Waals surface area contributed by atoms with E-state index in [9.17, 15) is 0 Å². The fraction of sp³-hybridized carbons (Fsp3) is 0.200. The fourth-order valence-electron chi connectivity index (χ4n) is 2.79. The normalized spacial score (nSPS) is 10.8. The molecule has 0 aliphatic rings. The summed E-state index contributed by atoms with van der Waals surface area (Å²) in [5, 5.41) is 17.6. The van der Waals surface area contributed by atoms with E-state index >= 15 is 0 Å². The number of rotatable bonds is 8. The van der Waals surface area contributed by atoms with Crippen molar-refractivity contribution in [2.75, 3.05) is 10.6 Å². The van der Waals surface area contributed by atoms with Crippen molar-refractivity contribution in [3.63, 3.8) is 0 Å². The molecule has 0 bridgehead atoms. The van der Waals surface area contributed by atoms with E-state index in [2.05, 4.69) is 60.2 Å².